The second-order valence-electron chi connectivity index (χ2n) is 4.08. The molecule has 4 heteroatoms. The van der Waals surface area contributed by atoms with E-state index >= 15 is 0 Å². The van der Waals surface area contributed by atoms with Gasteiger partial charge in [0.2, 0.25) is 0 Å². The van der Waals surface area contributed by atoms with Crippen LogP contribution >= 0.6 is 0 Å². The lowest BCUT2D eigenvalue weighted by molar-refractivity contribution is 0.0989. The molecule has 0 radical (unpaired) electrons. The molecular formula is C14H13FN2O. The maximum Gasteiger partial charge on any atom is 0.170 e. The predicted octanol–water partition coefficient (Wildman–Crippen LogP) is 2.54. The summed E-state index contributed by atoms with van der Waals surface area (Å²) in [5.74, 6) is -0.459. The number of hydrogen-bond acceptors (Lipinski definition) is 3. The molecule has 0 bridgehead atoms. The number of carbonyl (C=O) groups excluding carboxylic acids is 1. The minimum Gasteiger partial charge on any atom is -0.383 e. The van der Waals surface area contributed by atoms with E-state index in [1.54, 1.807) is 37.4 Å². The summed E-state index contributed by atoms with van der Waals surface area (Å²) in [6.07, 6.45) is 1.61. The van der Waals surface area contributed by atoms with Gasteiger partial charge in [-0.15, -0.1) is 0 Å². The van der Waals surface area contributed by atoms with Crippen LogP contribution in [0.5, 0.6) is 0 Å². The van der Waals surface area contributed by atoms with Crippen LogP contribution in [0.25, 0.3) is 0 Å². The van der Waals surface area contributed by atoms with Crippen LogP contribution in [0.15, 0.2) is 36.5 Å². The molecule has 0 amide bonds. The fourth-order valence-corrected chi connectivity index (χ4v) is 1.73. The minimum atomic E-state index is -0.468. The Morgan fingerprint density at radius 1 is 1.33 bits per heavy atom. The number of hydrogen-bond donors (Lipinski definition) is 1. The minimum absolute atomic E-state index is 0.0556. The average molecular weight is 244 g/mol. The van der Waals surface area contributed by atoms with E-state index in [1.807, 2.05) is 0 Å². The second-order valence-corrected chi connectivity index (χ2v) is 4.08. The van der Waals surface area contributed by atoms with E-state index in [4.69, 9.17) is 5.73 Å². The van der Waals surface area contributed by atoms with Gasteiger partial charge in [-0.2, -0.15) is 0 Å². The van der Waals surface area contributed by atoms with Crippen LogP contribution in [0.1, 0.15) is 21.5 Å². The highest BCUT2D eigenvalue weighted by Crippen LogP contribution is 2.16. The Hall–Kier alpha value is -2.23. The van der Waals surface area contributed by atoms with Crippen molar-refractivity contribution in [1.29, 1.82) is 0 Å². The number of benzene rings is 1. The standard InChI is InChI=1S/C14H13FN2O/c1-9-4-2-6-11(13(9)15)12(18)8-10-5-3-7-17-14(10)16/h2-7H,8H2,1H3,(H2,16,17). The highest BCUT2D eigenvalue weighted by Gasteiger charge is 2.14. The zero-order valence-corrected chi connectivity index (χ0v) is 9.98. The summed E-state index contributed by atoms with van der Waals surface area (Å²) in [6, 6.07) is 8.19. The van der Waals surface area contributed by atoms with Crippen LogP contribution in [0.3, 0.4) is 0 Å². The van der Waals surface area contributed by atoms with Crippen molar-refractivity contribution in [2.75, 3.05) is 5.73 Å². The Labute approximate surface area is 104 Å². The van der Waals surface area contributed by atoms with Crippen molar-refractivity contribution in [3.63, 3.8) is 0 Å². The summed E-state index contributed by atoms with van der Waals surface area (Å²) >= 11 is 0. The van der Waals surface area contributed by atoms with Crippen LogP contribution in [0.4, 0.5) is 10.2 Å². The summed E-state index contributed by atoms with van der Waals surface area (Å²) in [5, 5.41) is 0. The van der Waals surface area contributed by atoms with E-state index in [9.17, 15) is 9.18 Å². The molecule has 3 nitrogen and oxygen atoms in total. The third-order valence-electron chi connectivity index (χ3n) is 2.77. The van der Waals surface area contributed by atoms with Crippen LogP contribution in [0, 0.1) is 12.7 Å². The normalized spacial score (nSPS) is 10.3. The lowest BCUT2D eigenvalue weighted by Gasteiger charge is -2.06. The summed E-state index contributed by atoms with van der Waals surface area (Å²) in [6.45, 7) is 1.63. The van der Waals surface area contributed by atoms with Gasteiger partial charge in [-0.25, -0.2) is 9.37 Å². The number of aromatic nitrogens is 1. The van der Waals surface area contributed by atoms with Crippen LogP contribution < -0.4 is 5.73 Å². The van der Waals surface area contributed by atoms with Crippen molar-refractivity contribution in [1.82, 2.24) is 4.98 Å². The highest BCUT2D eigenvalue weighted by atomic mass is 19.1. The molecule has 0 aliphatic rings. The molecule has 1 heterocycles. The Kier molecular flexibility index (Phi) is 3.37. The lowest BCUT2D eigenvalue weighted by atomic mass is 10.0. The van der Waals surface area contributed by atoms with Crippen molar-refractivity contribution in [3.05, 3.63) is 59.0 Å². The van der Waals surface area contributed by atoms with Crippen LogP contribution in [-0.4, -0.2) is 10.8 Å². The number of nitrogen functional groups attached to an aromatic ring is 1. The predicted molar refractivity (Wildman–Crippen MR) is 67.8 cm³/mol. The van der Waals surface area contributed by atoms with E-state index in [2.05, 4.69) is 4.98 Å². The van der Waals surface area contributed by atoms with Gasteiger partial charge in [-0.05, 0) is 24.6 Å². The summed E-state index contributed by atoms with van der Waals surface area (Å²) in [7, 11) is 0. The monoisotopic (exact) mass is 244 g/mol. The Morgan fingerprint density at radius 2 is 2.11 bits per heavy atom. The van der Waals surface area contributed by atoms with Gasteiger partial charge in [-0.3, -0.25) is 4.79 Å². The van der Waals surface area contributed by atoms with Gasteiger partial charge in [0.05, 0.1) is 5.56 Å². The first kappa shape index (κ1) is 12.2. The van der Waals surface area contributed by atoms with Crippen molar-refractivity contribution < 1.29 is 9.18 Å². The number of halogens is 1. The molecule has 0 saturated heterocycles. The molecule has 18 heavy (non-hydrogen) atoms. The zero-order chi connectivity index (χ0) is 13.1. The number of ketones is 1. The molecule has 2 rings (SSSR count). The van der Waals surface area contributed by atoms with Gasteiger partial charge in [0, 0.05) is 18.2 Å². The molecule has 0 fully saturated rings. The van der Waals surface area contributed by atoms with Crippen LogP contribution in [0.2, 0.25) is 0 Å². The first-order valence-electron chi connectivity index (χ1n) is 5.57. The number of nitrogens with zero attached hydrogens (tertiary/aromatic N) is 1. The number of Topliss-reactive ketones (excluding diaryl/α,β-unsaturated/α-hetero) is 1. The van der Waals surface area contributed by atoms with E-state index in [0.717, 1.165) is 0 Å². The quantitative estimate of drug-likeness (QED) is 0.844. The highest BCUT2D eigenvalue weighted by molar-refractivity contribution is 5.98. The molecule has 0 aliphatic carbocycles. The number of rotatable bonds is 3. The first-order valence-corrected chi connectivity index (χ1v) is 5.57. The molecule has 0 aliphatic heterocycles. The van der Waals surface area contributed by atoms with E-state index in [1.165, 1.54) is 6.07 Å². The molecule has 1 aromatic carbocycles. The average Bonchev–Trinajstić information content (AvgIpc) is 2.35. The summed E-state index contributed by atoms with van der Waals surface area (Å²) in [5.41, 5.74) is 6.83. The van der Waals surface area contributed by atoms with Gasteiger partial charge < -0.3 is 5.73 Å². The molecule has 0 saturated carbocycles. The first-order chi connectivity index (χ1) is 8.59. The smallest absolute Gasteiger partial charge is 0.170 e. The fourth-order valence-electron chi connectivity index (χ4n) is 1.73. The largest absolute Gasteiger partial charge is 0.383 e. The zero-order valence-electron chi connectivity index (χ0n) is 9.98. The summed E-state index contributed by atoms with van der Waals surface area (Å²) in [4.78, 5) is 15.9. The summed E-state index contributed by atoms with van der Waals surface area (Å²) < 4.78 is 13.8. The van der Waals surface area contributed by atoms with Crippen molar-refractivity contribution >= 4 is 11.6 Å². The Morgan fingerprint density at radius 3 is 2.83 bits per heavy atom. The molecule has 92 valence electrons. The van der Waals surface area contributed by atoms with Gasteiger partial charge in [-0.1, -0.05) is 18.2 Å². The topological polar surface area (TPSA) is 56.0 Å². The van der Waals surface area contributed by atoms with Gasteiger partial charge in [0.25, 0.3) is 0 Å². The number of nitrogens with two attached hydrogens (primary N) is 1. The molecule has 0 atom stereocenters. The van der Waals surface area contributed by atoms with Crippen molar-refractivity contribution in [3.8, 4) is 0 Å². The third kappa shape index (κ3) is 2.37. The van der Waals surface area contributed by atoms with Crippen LogP contribution in [-0.2, 0) is 6.42 Å². The number of aryl methyl sites for hydroxylation is 1. The van der Waals surface area contributed by atoms with E-state index in [0.29, 0.717) is 16.9 Å². The molecule has 2 aromatic rings. The lowest BCUT2D eigenvalue weighted by Crippen LogP contribution is -2.09. The molecule has 0 spiro atoms. The van der Waals surface area contributed by atoms with Gasteiger partial charge in [0.15, 0.2) is 5.78 Å². The number of pyridine rings is 1. The molecule has 2 N–H and O–H groups in total. The van der Waals surface area contributed by atoms with Gasteiger partial charge >= 0.3 is 0 Å². The molecule has 0 unspecified atom stereocenters. The molecular weight excluding hydrogens is 231 g/mol. The second kappa shape index (κ2) is 4.96. The maximum absolute atomic E-state index is 13.8. The SMILES string of the molecule is Cc1cccc(C(=O)Cc2cccnc2N)c1F. The Balaban J connectivity index is 2.28. The third-order valence-corrected chi connectivity index (χ3v) is 2.77. The Bertz CT molecular complexity index is 596. The molecule has 1 aromatic heterocycles. The number of anilines is 1. The van der Waals surface area contributed by atoms with E-state index < -0.39 is 5.82 Å². The van der Waals surface area contributed by atoms with E-state index in [-0.39, 0.29) is 17.8 Å². The number of carbonyl (C=O) groups is 1. The fraction of sp³-hybridized carbons (Fsp3) is 0.143. The van der Waals surface area contributed by atoms with Crippen molar-refractivity contribution in [2.45, 2.75) is 13.3 Å². The maximum atomic E-state index is 13.8. The van der Waals surface area contributed by atoms with Gasteiger partial charge in [0.1, 0.15) is 11.6 Å². The van der Waals surface area contributed by atoms with Crippen molar-refractivity contribution in [2.24, 2.45) is 0 Å².